The Kier molecular flexibility index (Phi) is 5.17. The molecule has 20 heavy (non-hydrogen) atoms. The fraction of sp³-hybridized carbons (Fsp3) is 0.625. The Morgan fingerprint density at radius 2 is 1.50 bits per heavy atom. The molecule has 0 saturated carbocycles. The van der Waals surface area contributed by atoms with Gasteiger partial charge in [-0.2, -0.15) is 0 Å². The van der Waals surface area contributed by atoms with Crippen LogP contribution in [-0.4, -0.2) is 50.9 Å². The molecule has 0 amide bonds. The van der Waals surface area contributed by atoms with Crippen LogP contribution in [0.25, 0.3) is 0 Å². The average Bonchev–Trinajstić information content (AvgIpc) is 2.49. The SMILES string of the molecule is COc1ccc(N2CC[N+]3(CCCCC3)CC2)cc1.[Cl-]. The minimum Gasteiger partial charge on any atom is -1.00 e. The van der Waals surface area contributed by atoms with Crippen molar-refractivity contribution in [3.63, 3.8) is 0 Å². The van der Waals surface area contributed by atoms with Crippen molar-refractivity contribution in [2.75, 3.05) is 51.3 Å². The second-order valence-electron chi connectivity index (χ2n) is 5.98. The van der Waals surface area contributed by atoms with E-state index in [9.17, 15) is 0 Å². The molecule has 0 N–H and O–H groups in total. The average molecular weight is 297 g/mol. The molecular weight excluding hydrogens is 272 g/mol. The molecule has 0 radical (unpaired) electrons. The van der Waals surface area contributed by atoms with E-state index in [-0.39, 0.29) is 12.4 Å². The Bertz CT molecular complexity index is 405. The van der Waals surface area contributed by atoms with E-state index >= 15 is 0 Å². The quantitative estimate of drug-likeness (QED) is 0.684. The summed E-state index contributed by atoms with van der Waals surface area (Å²) >= 11 is 0. The number of hydrogen-bond donors (Lipinski definition) is 0. The third-order valence-corrected chi connectivity index (χ3v) is 4.89. The van der Waals surface area contributed by atoms with E-state index in [1.54, 1.807) is 7.11 Å². The molecule has 1 aromatic carbocycles. The molecule has 2 aliphatic heterocycles. The van der Waals surface area contributed by atoms with Crippen molar-refractivity contribution in [1.29, 1.82) is 0 Å². The Balaban J connectivity index is 0.00000147. The van der Waals surface area contributed by atoms with E-state index in [4.69, 9.17) is 4.74 Å². The van der Waals surface area contributed by atoms with Gasteiger partial charge in [-0.15, -0.1) is 0 Å². The smallest absolute Gasteiger partial charge is 0.119 e. The normalized spacial score (nSPS) is 21.4. The van der Waals surface area contributed by atoms with Crippen LogP contribution in [0.3, 0.4) is 0 Å². The number of piperazine rings is 1. The van der Waals surface area contributed by atoms with Gasteiger partial charge in [-0.25, -0.2) is 0 Å². The summed E-state index contributed by atoms with van der Waals surface area (Å²) in [6.45, 7) is 7.88. The first-order valence-corrected chi connectivity index (χ1v) is 7.55. The molecular formula is C16H25ClN2O. The molecule has 2 fully saturated rings. The Hall–Kier alpha value is -0.930. The fourth-order valence-electron chi connectivity index (χ4n) is 3.57. The highest BCUT2D eigenvalue weighted by Gasteiger charge is 2.34. The second kappa shape index (κ2) is 6.68. The van der Waals surface area contributed by atoms with Gasteiger partial charge in [0.05, 0.1) is 46.4 Å². The van der Waals surface area contributed by atoms with Gasteiger partial charge in [0.2, 0.25) is 0 Å². The zero-order valence-corrected chi connectivity index (χ0v) is 13.1. The van der Waals surface area contributed by atoms with Crippen molar-refractivity contribution < 1.29 is 21.6 Å². The van der Waals surface area contributed by atoms with Crippen LogP contribution >= 0.6 is 0 Å². The van der Waals surface area contributed by atoms with Crippen LogP contribution in [0.1, 0.15) is 19.3 Å². The number of halogens is 1. The lowest BCUT2D eigenvalue weighted by molar-refractivity contribution is -0.932. The summed E-state index contributed by atoms with van der Waals surface area (Å²) in [5.41, 5.74) is 1.34. The summed E-state index contributed by atoms with van der Waals surface area (Å²) in [5, 5.41) is 0. The molecule has 0 unspecified atom stereocenters. The predicted octanol–water partition coefficient (Wildman–Crippen LogP) is -0.480. The molecule has 1 aromatic rings. The molecule has 0 bridgehead atoms. The van der Waals surface area contributed by atoms with Crippen LogP contribution < -0.4 is 22.0 Å². The maximum absolute atomic E-state index is 5.22. The molecule has 2 aliphatic rings. The molecule has 0 atom stereocenters. The van der Waals surface area contributed by atoms with Crippen molar-refractivity contribution in [2.45, 2.75) is 19.3 Å². The zero-order chi connectivity index (χ0) is 13.1. The topological polar surface area (TPSA) is 12.5 Å². The van der Waals surface area contributed by atoms with Gasteiger partial charge < -0.3 is 26.5 Å². The summed E-state index contributed by atoms with van der Waals surface area (Å²) in [6.07, 6.45) is 4.31. The number of anilines is 1. The van der Waals surface area contributed by atoms with Gasteiger partial charge >= 0.3 is 0 Å². The lowest BCUT2D eigenvalue weighted by atomic mass is 10.1. The van der Waals surface area contributed by atoms with Crippen LogP contribution in [-0.2, 0) is 0 Å². The number of hydrogen-bond acceptors (Lipinski definition) is 2. The minimum absolute atomic E-state index is 0. The molecule has 3 nitrogen and oxygen atoms in total. The third-order valence-electron chi connectivity index (χ3n) is 4.89. The van der Waals surface area contributed by atoms with Crippen molar-refractivity contribution in [3.05, 3.63) is 24.3 Å². The molecule has 0 aliphatic carbocycles. The molecule has 0 aromatic heterocycles. The highest BCUT2D eigenvalue weighted by atomic mass is 35.5. The molecule has 2 saturated heterocycles. The monoisotopic (exact) mass is 296 g/mol. The van der Waals surface area contributed by atoms with Gasteiger partial charge in [0.15, 0.2) is 0 Å². The van der Waals surface area contributed by atoms with E-state index in [2.05, 4.69) is 29.2 Å². The fourth-order valence-corrected chi connectivity index (χ4v) is 3.57. The van der Waals surface area contributed by atoms with Gasteiger partial charge in [0.1, 0.15) is 5.75 Å². The number of nitrogens with zero attached hydrogens (tertiary/aromatic N) is 2. The Morgan fingerprint density at radius 1 is 0.900 bits per heavy atom. The van der Waals surface area contributed by atoms with Crippen LogP contribution in [0.15, 0.2) is 24.3 Å². The van der Waals surface area contributed by atoms with Crippen molar-refractivity contribution in [2.24, 2.45) is 0 Å². The van der Waals surface area contributed by atoms with E-state index < -0.39 is 0 Å². The maximum atomic E-state index is 5.22. The maximum Gasteiger partial charge on any atom is 0.119 e. The molecule has 112 valence electrons. The van der Waals surface area contributed by atoms with Crippen molar-refractivity contribution in [1.82, 2.24) is 0 Å². The minimum atomic E-state index is 0. The highest BCUT2D eigenvalue weighted by Crippen LogP contribution is 2.25. The summed E-state index contributed by atoms with van der Waals surface area (Å²) in [7, 11) is 1.72. The summed E-state index contributed by atoms with van der Waals surface area (Å²) in [5.74, 6) is 0.945. The first kappa shape index (κ1) is 15.5. The summed E-state index contributed by atoms with van der Waals surface area (Å²) < 4.78 is 6.61. The van der Waals surface area contributed by atoms with E-state index in [0.717, 1.165) is 5.75 Å². The second-order valence-corrected chi connectivity index (χ2v) is 5.98. The van der Waals surface area contributed by atoms with Crippen LogP contribution in [0, 0.1) is 0 Å². The number of benzene rings is 1. The van der Waals surface area contributed by atoms with Gasteiger partial charge in [-0.05, 0) is 43.5 Å². The highest BCUT2D eigenvalue weighted by molar-refractivity contribution is 5.49. The molecule has 4 heteroatoms. The number of rotatable bonds is 2. The number of methoxy groups -OCH3 is 1. The molecule has 2 heterocycles. The first-order chi connectivity index (χ1) is 9.31. The standard InChI is InChI=1S/C16H25N2O.ClH/c1-19-16-7-5-15(6-8-16)17-9-13-18(14-10-17)11-3-2-4-12-18;/h5-8H,2-4,9-14H2,1H3;1H/q+1;/p-1. The van der Waals surface area contributed by atoms with Gasteiger partial charge in [-0.1, -0.05) is 0 Å². The number of ether oxygens (including phenoxy) is 1. The summed E-state index contributed by atoms with van der Waals surface area (Å²) in [4.78, 5) is 2.53. The van der Waals surface area contributed by atoms with Gasteiger partial charge in [0, 0.05) is 5.69 Å². The first-order valence-electron chi connectivity index (χ1n) is 7.55. The predicted molar refractivity (Wildman–Crippen MR) is 78.8 cm³/mol. The zero-order valence-electron chi connectivity index (χ0n) is 12.4. The van der Waals surface area contributed by atoms with Gasteiger partial charge in [0.25, 0.3) is 0 Å². The van der Waals surface area contributed by atoms with E-state index in [1.165, 1.54) is 68.7 Å². The van der Waals surface area contributed by atoms with Gasteiger partial charge in [-0.3, -0.25) is 0 Å². The number of piperidine rings is 1. The Morgan fingerprint density at radius 3 is 2.05 bits per heavy atom. The van der Waals surface area contributed by atoms with Crippen molar-refractivity contribution in [3.8, 4) is 5.75 Å². The third kappa shape index (κ3) is 3.21. The lowest BCUT2D eigenvalue weighted by Crippen LogP contribution is -3.00. The summed E-state index contributed by atoms with van der Waals surface area (Å²) in [6, 6.07) is 8.50. The Labute approximate surface area is 128 Å². The van der Waals surface area contributed by atoms with E-state index in [0.29, 0.717) is 0 Å². The lowest BCUT2D eigenvalue weighted by Gasteiger charge is -2.47. The largest absolute Gasteiger partial charge is 1.00 e. The number of quaternary nitrogens is 1. The van der Waals surface area contributed by atoms with Crippen LogP contribution in [0.4, 0.5) is 5.69 Å². The molecule has 3 rings (SSSR count). The van der Waals surface area contributed by atoms with E-state index in [1.807, 2.05) is 0 Å². The van der Waals surface area contributed by atoms with Crippen LogP contribution in [0.5, 0.6) is 5.75 Å². The van der Waals surface area contributed by atoms with Crippen LogP contribution in [0.2, 0.25) is 0 Å². The molecule has 1 spiro atoms. The van der Waals surface area contributed by atoms with Crippen molar-refractivity contribution >= 4 is 5.69 Å².